The molecule has 0 aliphatic carbocycles. The molecule has 0 fully saturated rings. The topological polar surface area (TPSA) is 59.8 Å². The van der Waals surface area contributed by atoms with Crippen molar-refractivity contribution in [1.29, 1.82) is 0 Å². The number of benzene rings is 1. The number of rotatable bonds is 6. The Kier molecular flexibility index (Phi) is 5.68. The Morgan fingerprint density at radius 3 is 2.69 bits per heavy atom. The van der Waals surface area contributed by atoms with Gasteiger partial charge >= 0.3 is 0 Å². The molecule has 26 heavy (non-hydrogen) atoms. The first kappa shape index (κ1) is 18.5. The maximum atomic E-state index is 13.0. The zero-order valence-corrected chi connectivity index (χ0v) is 16.0. The van der Waals surface area contributed by atoms with Crippen molar-refractivity contribution in [2.45, 2.75) is 26.8 Å². The molecule has 0 unspecified atom stereocenters. The highest BCUT2D eigenvalue weighted by Gasteiger charge is 2.20. The number of nitrogens with zero attached hydrogens (tertiary/aromatic N) is 3. The van der Waals surface area contributed by atoms with Crippen LogP contribution in [0.3, 0.4) is 0 Å². The lowest BCUT2D eigenvalue weighted by Crippen LogP contribution is -2.26. The molecular weight excluding hydrogens is 375 g/mol. The second-order valence-electron chi connectivity index (χ2n) is 5.90. The van der Waals surface area contributed by atoms with Crippen LogP contribution in [0.1, 0.15) is 32.3 Å². The van der Waals surface area contributed by atoms with E-state index in [0.29, 0.717) is 30.8 Å². The van der Waals surface area contributed by atoms with Crippen molar-refractivity contribution in [3.8, 4) is 0 Å². The lowest BCUT2D eigenvalue weighted by molar-refractivity contribution is 0.0953. The minimum atomic E-state index is -0.299. The van der Waals surface area contributed by atoms with Crippen molar-refractivity contribution in [2.75, 3.05) is 6.54 Å². The van der Waals surface area contributed by atoms with Crippen LogP contribution in [-0.4, -0.2) is 27.2 Å². The standard InChI is InChI=1S/C18H18ClFN4OS/c1-11-16(18(25)21-8-7-15-10-26-12(2)22-15)17(19)24(23-11)9-13-3-5-14(20)6-4-13/h3-6,10H,7-9H2,1-2H3,(H,21,25). The van der Waals surface area contributed by atoms with Gasteiger partial charge in [0.2, 0.25) is 0 Å². The van der Waals surface area contributed by atoms with Crippen LogP contribution in [0, 0.1) is 19.7 Å². The van der Waals surface area contributed by atoms with Crippen molar-refractivity contribution >= 4 is 28.8 Å². The Morgan fingerprint density at radius 1 is 1.31 bits per heavy atom. The van der Waals surface area contributed by atoms with Crippen molar-refractivity contribution < 1.29 is 9.18 Å². The Labute approximate surface area is 159 Å². The number of thiazole rings is 1. The van der Waals surface area contributed by atoms with Gasteiger partial charge in [-0.3, -0.25) is 4.79 Å². The molecule has 3 aromatic rings. The molecule has 1 amide bonds. The molecule has 8 heteroatoms. The predicted octanol–water partition coefficient (Wildman–Crippen LogP) is 3.77. The maximum Gasteiger partial charge on any atom is 0.256 e. The molecule has 0 bridgehead atoms. The van der Waals surface area contributed by atoms with Gasteiger partial charge < -0.3 is 5.32 Å². The monoisotopic (exact) mass is 392 g/mol. The minimum absolute atomic E-state index is 0.259. The molecule has 0 spiro atoms. The number of aryl methyl sites for hydroxylation is 2. The molecule has 136 valence electrons. The van der Waals surface area contributed by atoms with Crippen LogP contribution in [0.2, 0.25) is 5.15 Å². The van der Waals surface area contributed by atoms with Gasteiger partial charge in [-0.25, -0.2) is 14.1 Å². The Bertz CT molecular complexity index is 920. The van der Waals surface area contributed by atoms with E-state index < -0.39 is 0 Å². The maximum absolute atomic E-state index is 13.0. The van der Waals surface area contributed by atoms with Crippen molar-refractivity contribution in [1.82, 2.24) is 20.1 Å². The number of carbonyl (C=O) groups excluding carboxylic acids is 1. The smallest absolute Gasteiger partial charge is 0.256 e. The van der Waals surface area contributed by atoms with Gasteiger partial charge in [0, 0.05) is 18.3 Å². The molecule has 1 N–H and O–H groups in total. The zero-order valence-electron chi connectivity index (χ0n) is 14.4. The Hall–Kier alpha value is -2.25. The van der Waals surface area contributed by atoms with E-state index in [1.165, 1.54) is 12.1 Å². The fourth-order valence-corrected chi connectivity index (χ4v) is 3.56. The molecule has 0 radical (unpaired) electrons. The van der Waals surface area contributed by atoms with E-state index in [-0.39, 0.29) is 16.9 Å². The van der Waals surface area contributed by atoms with Crippen molar-refractivity contribution in [3.63, 3.8) is 0 Å². The average molecular weight is 393 g/mol. The highest BCUT2D eigenvalue weighted by molar-refractivity contribution is 7.09. The summed E-state index contributed by atoms with van der Waals surface area (Å²) in [5, 5.41) is 10.5. The van der Waals surface area contributed by atoms with E-state index >= 15 is 0 Å². The van der Waals surface area contributed by atoms with E-state index in [2.05, 4.69) is 15.4 Å². The Morgan fingerprint density at radius 2 is 2.04 bits per heavy atom. The molecule has 5 nitrogen and oxygen atoms in total. The molecule has 2 aromatic heterocycles. The third-order valence-corrected chi connectivity index (χ3v) is 5.08. The first-order valence-electron chi connectivity index (χ1n) is 8.10. The van der Waals surface area contributed by atoms with Crippen LogP contribution in [0.4, 0.5) is 4.39 Å². The van der Waals surface area contributed by atoms with Gasteiger partial charge in [0.25, 0.3) is 5.91 Å². The summed E-state index contributed by atoms with van der Waals surface area (Å²) in [5.74, 6) is -0.559. The highest BCUT2D eigenvalue weighted by atomic mass is 35.5. The molecule has 0 aliphatic rings. The number of hydrogen-bond donors (Lipinski definition) is 1. The summed E-state index contributed by atoms with van der Waals surface area (Å²) in [7, 11) is 0. The minimum Gasteiger partial charge on any atom is -0.351 e. The molecule has 0 saturated carbocycles. The number of nitrogens with one attached hydrogen (secondary N) is 1. The van der Waals surface area contributed by atoms with Crippen LogP contribution in [0.5, 0.6) is 0 Å². The normalized spacial score (nSPS) is 10.9. The second kappa shape index (κ2) is 7.97. The number of carbonyl (C=O) groups is 1. The summed E-state index contributed by atoms with van der Waals surface area (Å²) < 4.78 is 14.6. The number of amides is 1. The van der Waals surface area contributed by atoms with Gasteiger partial charge in [0.1, 0.15) is 11.0 Å². The fraction of sp³-hybridized carbons (Fsp3) is 0.278. The lowest BCUT2D eigenvalue weighted by Gasteiger charge is -2.05. The Balaban J connectivity index is 1.66. The summed E-state index contributed by atoms with van der Waals surface area (Å²) >= 11 is 7.95. The molecule has 0 atom stereocenters. The van der Waals surface area contributed by atoms with Crippen LogP contribution < -0.4 is 5.32 Å². The quantitative estimate of drug-likeness (QED) is 0.694. The first-order valence-corrected chi connectivity index (χ1v) is 9.36. The molecule has 2 heterocycles. The van der Waals surface area contributed by atoms with Gasteiger partial charge in [-0.15, -0.1) is 11.3 Å². The van der Waals surface area contributed by atoms with E-state index in [9.17, 15) is 9.18 Å². The van der Waals surface area contributed by atoms with Gasteiger partial charge in [-0.2, -0.15) is 5.10 Å². The summed E-state index contributed by atoms with van der Waals surface area (Å²) in [6.07, 6.45) is 0.663. The number of hydrogen-bond acceptors (Lipinski definition) is 4. The summed E-state index contributed by atoms with van der Waals surface area (Å²) in [6.45, 7) is 4.53. The predicted molar refractivity (Wildman–Crippen MR) is 100 cm³/mol. The van der Waals surface area contributed by atoms with E-state index in [1.54, 1.807) is 35.1 Å². The molecule has 0 saturated heterocycles. The average Bonchev–Trinajstić information content (AvgIpc) is 3.13. The molecule has 1 aromatic carbocycles. The van der Waals surface area contributed by atoms with E-state index in [0.717, 1.165) is 16.3 Å². The SMILES string of the molecule is Cc1nc(CCNC(=O)c2c(C)nn(Cc3ccc(F)cc3)c2Cl)cs1. The van der Waals surface area contributed by atoms with Crippen molar-refractivity contribution in [2.24, 2.45) is 0 Å². The van der Waals surface area contributed by atoms with Crippen LogP contribution in [0.25, 0.3) is 0 Å². The zero-order chi connectivity index (χ0) is 18.7. The fourth-order valence-electron chi connectivity index (χ4n) is 2.59. The molecule has 0 aliphatic heterocycles. The number of aromatic nitrogens is 3. The lowest BCUT2D eigenvalue weighted by atomic mass is 10.2. The van der Waals surface area contributed by atoms with Crippen molar-refractivity contribution in [3.05, 3.63) is 68.1 Å². The summed E-state index contributed by atoms with van der Waals surface area (Å²) in [6, 6.07) is 6.09. The van der Waals surface area contributed by atoms with Gasteiger partial charge in [-0.05, 0) is 31.5 Å². The first-order chi connectivity index (χ1) is 12.4. The third-order valence-electron chi connectivity index (χ3n) is 3.87. The summed E-state index contributed by atoms with van der Waals surface area (Å²) in [4.78, 5) is 16.8. The molecule has 3 rings (SSSR count). The second-order valence-corrected chi connectivity index (χ2v) is 7.32. The van der Waals surface area contributed by atoms with Gasteiger partial charge in [-0.1, -0.05) is 23.7 Å². The van der Waals surface area contributed by atoms with Crippen LogP contribution >= 0.6 is 22.9 Å². The van der Waals surface area contributed by atoms with Crippen LogP contribution in [-0.2, 0) is 13.0 Å². The van der Waals surface area contributed by atoms with E-state index in [4.69, 9.17) is 11.6 Å². The van der Waals surface area contributed by atoms with Crippen LogP contribution in [0.15, 0.2) is 29.6 Å². The van der Waals surface area contributed by atoms with Gasteiger partial charge in [0.15, 0.2) is 0 Å². The summed E-state index contributed by atoms with van der Waals surface area (Å²) in [5.41, 5.74) is 2.73. The van der Waals surface area contributed by atoms with E-state index in [1.807, 2.05) is 12.3 Å². The third kappa shape index (κ3) is 4.28. The largest absolute Gasteiger partial charge is 0.351 e. The van der Waals surface area contributed by atoms with Gasteiger partial charge in [0.05, 0.1) is 28.5 Å². The number of halogens is 2. The highest BCUT2D eigenvalue weighted by Crippen LogP contribution is 2.21. The molecular formula is C18H18ClFN4OS.